The summed E-state index contributed by atoms with van der Waals surface area (Å²) < 4.78 is 5.13. The van der Waals surface area contributed by atoms with Gasteiger partial charge in [0.25, 0.3) is 0 Å². The highest BCUT2D eigenvalue weighted by molar-refractivity contribution is 5.78. The Morgan fingerprint density at radius 1 is 1.42 bits per heavy atom. The quantitative estimate of drug-likeness (QED) is 0.897. The van der Waals surface area contributed by atoms with Gasteiger partial charge in [-0.1, -0.05) is 12.1 Å². The number of amides is 1. The molecule has 0 radical (unpaired) electrons. The summed E-state index contributed by atoms with van der Waals surface area (Å²) in [7, 11) is 3.53. The summed E-state index contributed by atoms with van der Waals surface area (Å²) in [6.07, 6.45) is 2.09. The molecule has 1 aromatic rings. The number of rotatable bonds is 4. The van der Waals surface area contributed by atoms with Crippen molar-refractivity contribution in [1.29, 1.82) is 0 Å². The summed E-state index contributed by atoms with van der Waals surface area (Å²) in [4.78, 5) is 14.1. The monoisotopic (exact) mass is 262 g/mol. The van der Waals surface area contributed by atoms with E-state index in [0.717, 1.165) is 37.2 Å². The van der Waals surface area contributed by atoms with Crippen LogP contribution >= 0.6 is 0 Å². The Balaban J connectivity index is 1.91. The van der Waals surface area contributed by atoms with E-state index >= 15 is 0 Å². The number of carbonyl (C=O) groups is 1. The third kappa shape index (κ3) is 3.70. The lowest BCUT2D eigenvalue weighted by molar-refractivity contribution is -0.135. The molecule has 0 aromatic heterocycles. The average molecular weight is 262 g/mol. The van der Waals surface area contributed by atoms with E-state index in [2.05, 4.69) is 5.32 Å². The number of carbonyl (C=O) groups excluding carboxylic acids is 1. The first-order chi connectivity index (χ1) is 9.20. The van der Waals surface area contributed by atoms with Gasteiger partial charge in [0, 0.05) is 20.1 Å². The molecule has 19 heavy (non-hydrogen) atoms. The standard InChI is InChI=1S/C15H22N2O2/c1-17(15(18)13-4-3-9-16-10-13)11-12-5-7-14(19-2)8-6-12/h5-8,13,16H,3-4,9-11H2,1-2H3/t13-/m1/s1. The van der Waals surface area contributed by atoms with Crippen molar-refractivity contribution < 1.29 is 9.53 Å². The van der Waals surface area contributed by atoms with Crippen LogP contribution in [0.1, 0.15) is 18.4 Å². The SMILES string of the molecule is COc1ccc(CN(C)C(=O)[C@@H]2CCCNC2)cc1. The molecular weight excluding hydrogens is 240 g/mol. The molecule has 1 fully saturated rings. The Morgan fingerprint density at radius 3 is 2.74 bits per heavy atom. The van der Waals surface area contributed by atoms with Gasteiger partial charge in [-0.2, -0.15) is 0 Å². The van der Waals surface area contributed by atoms with E-state index in [9.17, 15) is 4.79 Å². The van der Waals surface area contributed by atoms with Crippen LogP contribution in [0.2, 0.25) is 0 Å². The first-order valence-electron chi connectivity index (χ1n) is 6.79. The van der Waals surface area contributed by atoms with E-state index in [1.807, 2.05) is 36.2 Å². The first-order valence-corrected chi connectivity index (χ1v) is 6.79. The molecule has 1 atom stereocenters. The number of ether oxygens (including phenoxy) is 1. The second-order valence-electron chi connectivity index (χ2n) is 5.09. The highest BCUT2D eigenvalue weighted by atomic mass is 16.5. The van der Waals surface area contributed by atoms with Gasteiger partial charge < -0.3 is 15.0 Å². The molecule has 1 aliphatic heterocycles. The minimum Gasteiger partial charge on any atom is -0.497 e. The maximum Gasteiger partial charge on any atom is 0.227 e. The van der Waals surface area contributed by atoms with Crippen molar-refractivity contribution in [2.75, 3.05) is 27.2 Å². The third-order valence-corrected chi connectivity index (χ3v) is 3.60. The molecule has 2 rings (SSSR count). The molecule has 4 heteroatoms. The van der Waals surface area contributed by atoms with Crippen LogP contribution in [0.5, 0.6) is 5.75 Å². The van der Waals surface area contributed by atoms with Gasteiger partial charge in [-0.25, -0.2) is 0 Å². The molecule has 0 spiro atoms. The zero-order chi connectivity index (χ0) is 13.7. The van der Waals surface area contributed by atoms with Crippen molar-refractivity contribution in [1.82, 2.24) is 10.2 Å². The summed E-state index contributed by atoms with van der Waals surface area (Å²) in [5, 5.41) is 3.29. The Bertz CT molecular complexity index is 411. The van der Waals surface area contributed by atoms with Gasteiger partial charge in [0.15, 0.2) is 0 Å². The van der Waals surface area contributed by atoms with E-state index in [4.69, 9.17) is 4.74 Å². The Labute approximate surface area is 114 Å². The number of nitrogens with one attached hydrogen (secondary N) is 1. The minimum absolute atomic E-state index is 0.136. The maximum atomic E-state index is 12.3. The lowest BCUT2D eigenvalue weighted by atomic mass is 9.98. The Kier molecular flexibility index (Phi) is 4.80. The summed E-state index contributed by atoms with van der Waals surface area (Å²) in [6, 6.07) is 7.86. The van der Waals surface area contributed by atoms with Crippen LogP contribution in [0.4, 0.5) is 0 Å². The van der Waals surface area contributed by atoms with Crippen molar-refractivity contribution in [3.8, 4) is 5.75 Å². The van der Waals surface area contributed by atoms with Gasteiger partial charge in [-0.05, 0) is 37.1 Å². The summed E-state index contributed by atoms with van der Waals surface area (Å²) in [5.41, 5.74) is 1.13. The lowest BCUT2D eigenvalue weighted by Crippen LogP contribution is -2.41. The second kappa shape index (κ2) is 6.57. The van der Waals surface area contributed by atoms with Crippen LogP contribution < -0.4 is 10.1 Å². The van der Waals surface area contributed by atoms with Crippen LogP contribution in [0.25, 0.3) is 0 Å². The number of methoxy groups -OCH3 is 1. The highest BCUT2D eigenvalue weighted by Crippen LogP contribution is 2.16. The molecular formula is C15H22N2O2. The molecule has 1 amide bonds. The van der Waals surface area contributed by atoms with Crippen molar-refractivity contribution in [3.05, 3.63) is 29.8 Å². The zero-order valence-electron chi connectivity index (χ0n) is 11.7. The van der Waals surface area contributed by atoms with Crippen molar-refractivity contribution in [2.45, 2.75) is 19.4 Å². The molecule has 1 N–H and O–H groups in total. The number of hydrogen-bond donors (Lipinski definition) is 1. The van der Waals surface area contributed by atoms with Gasteiger partial charge in [0.2, 0.25) is 5.91 Å². The largest absolute Gasteiger partial charge is 0.497 e. The van der Waals surface area contributed by atoms with Crippen molar-refractivity contribution >= 4 is 5.91 Å². The Morgan fingerprint density at radius 2 is 2.16 bits per heavy atom. The molecule has 1 aromatic carbocycles. The van der Waals surface area contributed by atoms with Gasteiger partial charge in [0.1, 0.15) is 5.75 Å². The van der Waals surface area contributed by atoms with E-state index < -0.39 is 0 Å². The predicted molar refractivity (Wildman–Crippen MR) is 75.1 cm³/mol. The van der Waals surface area contributed by atoms with Gasteiger partial charge >= 0.3 is 0 Å². The number of nitrogens with zero attached hydrogens (tertiary/aromatic N) is 1. The smallest absolute Gasteiger partial charge is 0.227 e. The summed E-state index contributed by atoms with van der Waals surface area (Å²) in [5.74, 6) is 1.22. The van der Waals surface area contributed by atoms with E-state index in [1.54, 1.807) is 7.11 Å². The minimum atomic E-state index is 0.136. The molecule has 0 unspecified atom stereocenters. The Hall–Kier alpha value is -1.55. The van der Waals surface area contributed by atoms with Crippen LogP contribution in [-0.4, -0.2) is 38.1 Å². The molecule has 1 saturated heterocycles. The van der Waals surface area contributed by atoms with Crippen molar-refractivity contribution in [3.63, 3.8) is 0 Å². The van der Waals surface area contributed by atoms with Crippen LogP contribution in [0.3, 0.4) is 0 Å². The number of piperidine rings is 1. The second-order valence-corrected chi connectivity index (χ2v) is 5.09. The number of hydrogen-bond acceptors (Lipinski definition) is 3. The maximum absolute atomic E-state index is 12.3. The fourth-order valence-corrected chi connectivity index (χ4v) is 2.46. The van der Waals surface area contributed by atoms with Crippen LogP contribution in [-0.2, 0) is 11.3 Å². The topological polar surface area (TPSA) is 41.6 Å². The number of benzene rings is 1. The molecule has 0 bridgehead atoms. The molecule has 4 nitrogen and oxygen atoms in total. The van der Waals surface area contributed by atoms with Crippen LogP contribution in [0.15, 0.2) is 24.3 Å². The van der Waals surface area contributed by atoms with Crippen molar-refractivity contribution in [2.24, 2.45) is 5.92 Å². The molecule has 1 aliphatic rings. The highest BCUT2D eigenvalue weighted by Gasteiger charge is 2.23. The predicted octanol–water partition coefficient (Wildman–Crippen LogP) is 1.65. The molecule has 0 aliphatic carbocycles. The van der Waals surface area contributed by atoms with Gasteiger partial charge in [-0.3, -0.25) is 4.79 Å². The molecule has 1 heterocycles. The van der Waals surface area contributed by atoms with Crippen LogP contribution in [0, 0.1) is 5.92 Å². The fourth-order valence-electron chi connectivity index (χ4n) is 2.46. The summed E-state index contributed by atoms with van der Waals surface area (Å²) >= 11 is 0. The van der Waals surface area contributed by atoms with Gasteiger partial charge in [-0.15, -0.1) is 0 Å². The molecule has 104 valence electrons. The normalized spacial score (nSPS) is 18.9. The summed E-state index contributed by atoms with van der Waals surface area (Å²) in [6.45, 7) is 2.50. The first kappa shape index (κ1) is 13.9. The third-order valence-electron chi connectivity index (χ3n) is 3.60. The van der Waals surface area contributed by atoms with E-state index in [-0.39, 0.29) is 11.8 Å². The lowest BCUT2D eigenvalue weighted by Gasteiger charge is -2.27. The zero-order valence-corrected chi connectivity index (χ0v) is 11.7. The average Bonchev–Trinajstić information content (AvgIpc) is 2.48. The fraction of sp³-hybridized carbons (Fsp3) is 0.533. The molecule has 0 saturated carbocycles. The van der Waals surface area contributed by atoms with E-state index in [0.29, 0.717) is 6.54 Å². The van der Waals surface area contributed by atoms with Gasteiger partial charge in [0.05, 0.1) is 13.0 Å². The van der Waals surface area contributed by atoms with E-state index in [1.165, 1.54) is 0 Å².